The van der Waals surface area contributed by atoms with Crippen LogP contribution in [0.1, 0.15) is 39.2 Å². The summed E-state index contributed by atoms with van der Waals surface area (Å²) in [6.07, 6.45) is 3.67. The van der Waals surface area contributed by atoms with Gasteiger partial charge in [-0.3, -0.25) is 0 Å². The van der Waals surface area contributed by atoms with Gasteiger partial charge in [-0.05, 0) is 55.8 Å². The van der Waals surface area contributed by atoms with E-state index >= 15 is 0 Å². The molecule has 0 spiro atoms. The van der Waals surface area contributed by atoms with E-state index in [9.17, 15) is 0 Å². The number of nitrogens with zero attached hydrogens (tertiary/aromatic N) is 3. The number of likely N-dealkylation sites (N-methyl/N-ethyl adjacent to an activating group) is 1. The molecule has 1 aromatic heterocycles. The summed E-state index contributed by atoms with van der Waals surface area (Å²) >= 11 is 1.77. The number of para-hydroxylation sites is 2. The van der Waals surface area contributed by atoms with Crippen LogP contribution < -0.4 is 0 Å². The largest absolute Gasteiger partial charge is 0.317 e. The number of fused-ring (bicyclic) bond motifs is 1. The van der Waals surface area contributed by atoms with Gasteiger partial charge in [0.1, 0.15) is 0 Å². The SMILES string of the molecule is CCCCc1ccc(Sc2nc3ccccc3n2CCN(CC)CC)cc1. The van der Waals surface area contributed by atoms with Crippen LogP contribution >= 0.6 is 11.8 Å². The maximum Gasteiger partial charge on any atom is 0.173 e. The predicted molar refractivity (Wildman–Crippen MR) is 117 cm³/mol. The van der Waals surface area contributed by atoms with Crippen LogP contribution in [0.2, 0.25) is 0 Å². The Morgan fingerprint density at radius 1 is 0.963 bits per heavy atom. The van der Waals surface area contributed by atoms with E-state index in [0.717, 1.165) is 36.9 Å². The molecule has 4 heteroatoms. The third-order valence-corrected chi connectivity index (χ3v) is 6.11. The van der Waals surface area contributed by atoms with E-state index in [-0.39, 0.29) is 0 Å². The highest BCUT2D eigenvalue weighted by Crippen LogP contribution is 2.30. The Morgan fingerprint density at radius 3 is 2.41 bits per heavy atom. The van der Waals surface area contributed by atoms with Crippen LogP contribution in [0.25, 0.3) is 11.0 Å². The second kappa shape index (κ2) is 9.95. The molecule has 2 aromatic carbocycles. The molecule has 0 radical (unpaired) electrons. The minimum atomic E-state index is 0.971. The molecule has 0 aliphatic heterocycles. The van der Waals surface area contributed by atoms with E-state index in [0.29, 0.717) is 0 Å². The van der Waals surface area contributed by atoms with E-state index in [4.69, 9.17) is 4.98 Å². The lowest BCUT2D eigenvalue weighted by Crippen LogP contribution is -2.27. The van der Waals surface area contributed by atoms with Gasteiger partial charge >= 0.3 is 0 Å². The van der Waals surface area contributed by atoms with Gasteiger partial charge < -0.3 is 9.47 Å². The van der Waals surface area contributed by atoms with Gasteiger partial charge in [-0.25, -0.2) is 4.98 Å². The zero-order valence-corrected chi connectivity index (χ0v) is 17.6. The zero-order chi connectivity index (χ0) is 19.1. The van der Waals surface area contributed by atoms with Crippen LogP contribution in [-0.4, -0.2) is 34.1 Å². The lowest BCUT2D eigenvalue weighted by Gasteiger charge is -2.19. The molecule has 27 heavy (non-hydrogen) atoms. The normalized spacial score (nSPS) is 11.6. The van der Waals surface area contributed by atoms with Crippen molar-refractivity contribution in [1.82, 2.24) is 14.5 Å². The van der Waals surface area contributed by atoms with Gasteiger partial charge in [-0.1, -0.05) is 63.2 Å². The first-order valence-corrected chi connectivity index (χ1v) is 11.0. The number of hydrogen-bond donors (Lipinski definition) is 0. The van der Waals surface area contributed by atoms with E-state index in [1.165, 1.54) is 35.2 Å². The summed E-state index contributed by atoms with van der Waals surface area (Å²) in [6, 6.07) is 17.5. The second-order valence-electron chi connectivity index (χ2n) is 6.91. The standard InChI is InChI=1S/C23H31N3S/c1-4-7-10-19-13-15-20(16-14-19)27-23-24-21-11-8-9-12-22(21)26(23)18-17-25(5-2)6-3/h8-9,11-16H,4-7,10,17-18H2,1-3H3. The highest BCUT2D eigenvalue weighted by Gasteiger charge is 2.13. The summed E-state index contributed by atoms with van der Waals surface area (Å²) in [5, 5.41) is 1.09. The number of benzene rings is 2. The van der Waals surface area contributed by atoms with Gasteiger partial charge in [0.15, 0.2) is 5.16 Å². The van der Waals surface area contributed by atoms with Gasteiger partial charge in [-0.2, -0.15) is 0 Å². The van der Waals surface area contributed by atoms with Crippen molar-refractivity contribution in [3.63, 3.8) is 0 Å². The van der Waals surface area contributed by atoms with Gasteiger partial charge in [0.25, 0.3) is 0 Å². The Balaban J connectivity index is 1.81. The van der Waals surface area contributed by atoms with Crippen molar-refractivity contribution < 1.29 is 0 Å². The maximum atomic E-state index is 4.92. The Bertz CT molecular complexity index is 834. The number of hydrogen-bond acceptors (Lipinski definition) is 3. The summed E-state index contributed by atoms with van der Waals surface area (Å²) in [5.41, 5.74) is 3.74. The third kappa shape index (κ3) is 5.14. The second-order valence-corrected chi connectivity index (χ2v) is 7.95. The molecule has 3 rings (SSSR count). The average molecular weight is 382 g/mol. The molecular formula is C23H31N3S. The van der Waals surface area contributed by atoms with Gasteiger partial charge in [0.05, 0.1) is 11.0 Å². The molecule has 0 bridgehead atoms. The van der Waals surface area contributed by atoms with Crippen molar-refractivity contribution in [1.29, 1.82) is 0 Å². The lowest BCUT2D eigenvalue weighted by molar-refractivity contribution is 0.288. The van der Waals surface area contributed by atoms with Crippen molar-refractivity contribution in [2.45, 2.75) is 56.6 Å². The fourth-order valence-electron chi connectivity index (χ4n) is 3.34. The molecule has 0 fully saturated rings. The van der Waals surface area contributed by atoms with Crippen molar-refractivity contribution in [2.24, 2.45) is 0 Å². The first-order valence-electron chi connectivity index (χ1n) is 10.2. The Kier molecular flexibility index (Phi) is 7.36. The van der Waals surface area contributed by atoms with Crippen LogP contribution in [0.15, 0.2) is 58.6 Å². The Morgan fingerprint density at radius 2 is 1.70 bits per heavy atom. The highest BCUT2D eigenvalue weighted by molar-refractivity contribution is 7.99. The first kappa shape index (κ1) is 20.0. The lowest BCUT2D eigenvalue weighted by atomic mass is 10.1. The number of aryl methyl sites for hydroxylation is 1. The maximum absolute atomic E-state index is 4.92. The molecule has 0 aliphatic carbocycles. The Hall–Kier alpha value is -1.78. The van der Waals surface area contributed by atoms with Gasteiger partial charge in [-0.15, -0.1) is 0 Å². The molecule has 1 heterocycles. The summed E-state index contributed by atoms with van der Waals surface area (Å²) in [4.78, 5) is 8.64. The van der Waals surface area contributed by atoms with Crippen LogP contribution in [-0.2, 0) is 13.0 Å². The minimum Gasteiger partial charge on any atom is -0.317 e. The fraction of sp³-hybridized carbons (Fsp3) is 0.435. The van der Waals surface area contributed by atoms with Crippen LogP contribution in [0.4, 0.5) is 0 Å². The summed E-state index contributed by atoms with van der Waals surface area (Å²) in [6.45, 7) is 10.9. The zero-order valence-electron chi connectivity index (χ0n) is 16.8. The smallest absolute Gasteiger partial charge is 0.173 e. The van der Waals surface area contributed by atoms with Crippen molar-refractivity contribution in [2.75, 3.05) is 19.6 Å². The Labute approximate surface area is 167 Å². The molecule has 0 amide bonds. The van der Waals surface area contributed by atoms with E-state index in [2.05, 4.69) is 78.8 Å². The number of aromatic nitrogens is 2. The highest BCUT2D eigenvalue weighted by atomic mass is 32.2. The molecule has 3 nitrogen and oxygen atoms in total. The predicted octanol–water partition coefficient (Wildman–Crippen LogP) is 5.87. The quantitative estimate of drug-likeness (QED) is 0.438. The molecule has 0 atom stereocenters. The molecule has 0 aliphatic rings. The summed E-state index contributed by atoms with van der Waals surface area (Å²) in [7, 11) is 0. The third-order valence-electron chi connectivity index (χ3n) is 5.11. The molecule has 0 saturated heterocycles. The number of imidazole rings is 1. The van der Waals surface area contributed by atoms with Crippen LogP contribution in [0.5, 0.6) is 0 Å². The number of unbranched alkanes of at least 4 members (excludes halogenated alkanes) is 1. The topological polar surface area (TPSA) is 21.1 Å². The molecule has 0 saturated carbocycles. The van der Waals surface area contributed by atoms with Crippen molar-refractivity contribution >= 4 is 22.8 Å². The van der Waals surface area contributed by atoms with Gasteiger partial charge in [0, 0.05) is 18.0 Å². The van der Waals surface area contributed by atoms with Crippen LogP contribution in [0, 0.1) is 0 Å². The van der Waals surface area contributed by atoms with E-state index in [1.807, 2.05) is 0 Å². The fourth-order valence-corrected chi connectivity index (χ4v) is 4.27. The van der Waals surface area contributed by atoms with Crippen LogP contribution in [0.3, 0.4) is 0 Å². The number of rotatable bonds is 10. The minimum absolute atomic E-state index is 0.971. The monoisotopic (exact) mass is 381 g/mol. The van der Waals surface area contributed by atoms with E-state index in [1.54, 1.807) is 11.8 Å². The molecule has 0 N–H and O–H groups in total. The summed E-state index contributed by atoms with van der Waals surface area (Å²) < 4.78 is 2.38. The van der Waals surface area contributed by atoms with Crippen molar-refractivity contribution in [3.05, 3.63) is 54.1 Å². The first-order chi connectivity index (χ1) is 13.2. The van der Waals surface area contributed by atoms with Crippen molar-refractivity contribution in [3.8, 4) is 0 Å². The molecule has 0 unspecified atom stereocenters. The van der Waals surface area contributed by atoms with Gasteiger partial charge in [0.2, 0.25) is 0 Å². The molecule has 144 valence electrons. The van der Waals surface area contributed by atoms with E-state index < -0.39 is 0 Å². The molecular weight excluding hydrogens is 350 g/mol. The average Bonchev–Trinajstić information content (AvgIpc) is 3.05. The summed E-state index contributed by atoms with van der Waals surface area (Å²) in [5.74, 6) is 0. The molecule has 3 aromatic rings.